The molecule has 0 saturated heterocycles. The van der Waals surface area contributed by atoms with E-state index in [0.717, 1.165) is 41.0 Å². The number of esters is 2. The lowest BCUT2D eigenvalue weighted by Crippen LogP contribution is -2.30. The van der Waals surface area contributed by atoms with Crippen LogP contribution in [-0.2, 0) is 31.9 Å². The second kappa shape index (κ2) is 11.0. The lowest BCUT2D eigenvalue weighted by Gasteiger charge is -2.14. The number of halogens is 1. The average molecular weight is 482 g/mol. The van der Waals surface area contributed by atoms with E-state index in [1.807, 2.05) is 12.1 Å². The Morgan fingerprint density at radius 1 is 1.19 bits per heavy atom. The summed E-state index contributed by atoms with van der Waals surface area (Å²) in [5, 5.41) is 3.86. The largest absolute Gasteiger partial charge is 0.462 e. The van der Waals surface area contributed by atoms with Gasteiger partial charge >= 0.3 is 11.9 Å². The summed E-state index contributed by atoms with van der Waals surface area (Å²) in [4.78, 5) is 39.3. The summed E-state index contributed by atoms with van der Waals surface area (Å²) in [6.45, 7) is 3.52. The van der Waals surface area contributed by atoms with Crippen molar-refractivity contribution >= 4 is 57.5 Å². The van der Waals surface area contributed by atoms with Gasteiger partial charge in [-0.3, -0.25) is 9.59 Å². The van der Waals surface area contributed by atoms with Crippen LogP contribution >= 0.6 is 34.7 Å². The lowest BCUT2D eigenvalue weighted by atomic mass is 9.95. The second-order valence-electron chi connectivity index (χ2n) is 7.00. The van der Waals surface area contributed by atoms with Gasteiger partial charge in [-0.15, -0.1) is 23.1 Å². The Morgan fingerprint density at radius 2 is 1.90 bits per heavy atom. The van der Waals surface area contributed by atoms with E-state index in [1.165, 1.54) is 30.0 Å². The molecule has 9 heteroatoms. The molecule has 0 radical (unpaired) electrons. The molecular weight excluding hydrogens is 458 g/mol. The van der Waals surface area contributed by atoms with Gasteiger partial charge in [0.15, 0.2) is 6.10 Å². The number of nitrogens with one attached hydrogen (secondary N) is 1. The van der Waals surface area contributed by atoms with Crippen molar-refractivity contribution in [2.75, 3.05) is 17.7 Å². The Balaban J connectivity index is 1.61. The second-order valence-corrected chi connectivity index (χ2v) is 9.59. The predicted octanol–water partition coefficient (Wildman–Crippen LogP) is 5.12. The minimum atomic E-state index is -0.993. The van der Waals surface area contributed by atoms with Gasteiger partial charge in [-0.2, -0.15) is 0 Å². The monoisotopic (exact) mass is 481 g/mol. The summed E-state index contributed by atoms with van der Waals surface area (Å²) in [5.74, 6) is -1.34. The topological polar surface area (TPSA) is 81.7 Å². The van der Waals surface area contributed by atoms with Crippen LogP contribution in [0.4, 0.5) is 5.00 Å². The fourth-order valence-corrected chi connectivity index (χ4v) is 5.33. The molecule has 6 nitrogen and oxygen atoms in total. The minimum absolute atomic E-state index is 0.0701. The minimum Gasteiger partial charge on any atom is -0.462 e. The van der Waals surface area contributed by atoms with E-state index in [9.17, 15) is 14.4 Å². The van der Waals surface area contributed by atoms with Gasteiger partial charge in [0.05, 0.1) is 17.9 Å². The van der Waals surface area contributed by atoms with Crippen LogP contribution < -0.4 is 5.32 Å². The van der Waals surface area contributed by atoms with Gasteiger partial charge < -0.3 is 14.8 Å². The molecule has 2 aromatic rings. The molecule has 0 aliphatic heterocycles. The normalized spacial score (nSPS) is 13.8. The van der Waals surface area contributed by atoms with Gasteiger partial charge in [0, 0.05) is 14.8 Å². The van der Waals surface area contributed by atoms with Gasteiger partial charge in [0.1, 0.15) is 5.00 Å². The highest BCUT2D eigenvalue weighted by molar-refractivity contribution is 8.00. The third kappa shape index (κ3) is 6.24. The van der Waals surface area contributed by atoms with Crippen LogP contribution in [0.2, 0.25) is 5.02 Å². The third-order valence-electron chi connectivity index (χ3n) is 4.74. The van der Waals surface area contributed by atoms with Gasteiger partial charge in [0.25, 0.3) is 5.91 Å². The molecule has 1 aromatic heterocycles. The van der Waals surface area contributed by atoms with Gasteiger partial charge in [0.2, 0.25) is 0 Å². The maximum absolute atomic E-state index is 12.6. The van der Waals surface area contributed by atoms with Crippen LogP contribution in [0.1, 0.15) is 47.5 Å². The first-order valence-electron chi connectivity index (χ1n) is 10.1. The molecule has 166 valence electrons. The number of fused-ring (bicyclic) bond motifs is 1. The van der Waals surface area contributed by atoms with Crippen LogP contribution in [0.25, 0.3) is 0 Å². The zero-order valence-electron chi connectivity index (χ0n) is 17.4. The first-order valence-corrected chi connectivity index (χ1v) is 12.3. The van der Waals surface area contributed by atoms with Gasteiger partial charge in [-0.25, -0.2) is 4.79 Å². The molecule has 0 bridgehead atoms. The van der Waals surface area contributed by atoms with E-state index < -0.39 is 23.9 Å². The number of rotatable bonds is 8. The maximum Gasteiger partial charge on any atom is 0.341 e. The highest BCUT2D eigenvalue weighted by Crippen LogP contribution is 2.38. The lowest BCUT2D eigenvalue weighted by molar-refractivity contribution is -0.150. The number of thiophene rings is 1. The Labute approximate surface area is 194 Å². The van der Waals surface area contributed by atoms with Crippen LogP contribution in [-0.4, -0.2) is 36.3 Å². The summed E-state index contributed by atoms with van der Waals surface area (Å²) < 4.78 is 10.5. The van der Waals surface area contributed by atoms with Crippen LogP contribution in [0.3, 0.4) is 0 Å². The first-order chi connectivity index (χ1) is 14.9. The molecule has 1 aliphatic carbocycles. The van der Waals surface area contributed by atoms with E-state index >= 15 is 0 Å². The molecule has 1 aliphatic rings. The number of benzene rings is 1. The van der Waals surface area contributed by atoms with Crippen LogP contribution in [0.5, 0.6) is 0 Å². The quantitative estimate of drug-likeness (QED) is 0.416. The fraction of sp³-hybridized carbons (Fsp3) is 0.409. The summed E-state index contributed by atoms with van der Waals surface area (Å²) in [7, 11) is 0. The molecule has 0 saturated carbocycles. The number of ether oxygens (including phenoxy) is 2. The smallest absolute Gasteiger partial charge is 0.341 e. The summed E-state index contributed by atoms with van der Waals surface area (Å²) >= 11 is 8.55. The van der Waals surface area contributed by atoms with Crippen molar-refractivity contribution in [1.29, 1.82) is 0 Å². The van der Waals surface area contributed by atoms with Crippen LogP contribution in [0.15, 0.2) is 29.2 Å². The van der Waals surface area contributed by atoms with E-state index in [1.54, 1.807) is 19.1 Å². The van der Waals surface area contributed by atoms with Crippen molar-refractivity contribution in [1.82, 2.24) is 0 Å². The number of aryl methyl sites for hydroxylation is 1. The van der Waals surface area contributed by atoms with Crippen molar-refractivity contribution in [3.05, 3.63) is 45.3 Å². The Kier molecular flexibility index (Phi) is 8.40. The molecule has 1 aromatic carbocycles. The van der Waals surface area contributed by atoms with Crippen molar-refractivity contribution in [3.63, 3.8) is 0 Å². The average Bonchev–Trinajstić information content (AvgIpc) is 3.11. The van der Waals surface area contributed by atoms with E-state index in [0.29, 0.717) is 15.6 Å². The predicted molar refractivity (Wildman–Crippen MR) is 123 cm³/mol. The number of carbonyl (C=O) groups excluding carboxylic acids is 3. The molecule has 1 unspecified atom stereocenters. The zero-order valence-corrected chi connectivity index (χ0v) is 19.8. The molecule has 1 amide bonds. The maximum atomic E-state index is 12.6. The standard InChI is InChI=1S/C22H24ClNO5S2/c1-3-28-22(27)19-16-6-4-5-7-17(16)31-21(19)24-20(26)13(2)29-18(25)12-30-15-10-8-14(23)9-11-15/h8-11,13H,3-7,12H2,1-2H3,(H,24,26). The summed E-state index contributed by atoms with van der Waals surface area (Å²) in [6.07, 6.45) is 2.75. The molecule has 1 atom stereocenters. The molecule has 1 heterocycles. The number of carbonyl (C=O) groups is 3. The summed E-state index contributed by atoms with van der Waals surface area (Å²) in [5.41, 5.74) is 1.40. The van der Waals surface area contributed by atoms with E-state index in [2.05, 4.69) is 5.32 Å². The molecule has 0 fully saturated rings. The number of thioether (sulfide) groups is 1. The highest BCUT2D eigenvalue weighted by atomic mass is 35.5. The molecular formula is C22H24ClNO5S2. The number of hydrogen-bond donors (Lipinski definition) is 1. The molecule has 0 spiro atoms. The van der Waals surface area contributed by atoms with Crippen molar-refractivity contribution in [3.8, 4) is 0 Å². The fourth-order valence-electron chi connectivity index (χ4n) is 3.24. The highest BCUT2D eigenvalue weighted by Gasteiger charge is 2.28. The molecule has 31 heavy (non-hydrogen) atoms. The zero-order chi connectivity index (χ0) is 22.4. The Morgan fingerprint density at radius 3 is 2.61 bits per heavy atom. The third-order valence-corrected chi connectivity index (χ3v) is 7.18. The number of anilines is 1. The Hall–Kier alpha value is -2.03. The van der Waals surface area contributed by atoms with Gasteiger partial charge in [-0.1, -0.05) is 11.6 Å². The van der Waals surface area contributed by atoms with Crippen molar-refractivity contribution < 1.29 is 23.9 Å². The summed E-state index contributed by atoms with van der Waals surface area (Å²) in [6, 6.07) is 7.11. The van der Waals surface area contributed by atoms with Crippen molar-refractivity contribution in [2.45, 2.75) is 50.5 Å². The van der Waals surface area contributed by atoms with E-state index in [-0.39, 0.29) is 12.4 Å². The number of amides is 1. The SMILES string of the molecule is CCOC(=O)c1c(NC(=O)C(C)OC(=O)CSc2ccc(Cl)cc2)sc2c1CCCC2. The molecule has 1 N–H and O–H groups in total. The first kappa shape index (κ1) is 23.6. The Bertz CT molecular complexity index is 958. The number of hydrogen-bond acceptors (Lipinski definition) is 7. The van der Waals surface area contributed by atoms with Gasteiger partial charge in [-0.05, 0) is 69.4 Å². The van der Waals surface area contributed by atoms with Crippen LogP contribution in [0, 0.1) is 0 Å². The van der Waals surface area contributed by atoms with E-state index in [4.69, 9.17) is 21.1 Å². The van der Waals surface area contributed by atoms with Crippen molar-refractivity contribution in [2.24, 2.45) is 0 Å². The molecule has 3 rings (SSSR count).